The number of aryl methyl sites for hydroxylation is 1. The van der Waals surface area contributed by atoms with Gasteiger partial charge in [0.1, 0.15) is 11.6 Å². The molecule has 0 radical (unpaired) electrons. The molecule has 5 heteroatoms. The highest BCUT2D eigenvalue weighted by Crippen LogP contribution is 2.19. The van der Waals surface area contributed by atoms with E-state index in [1.54, 1.807) is 12.1 Å². The Morgan fingerprint density at radius 1 is 1.32 bits per heavy atom. The summed E-state index contributed by atoms with van der Waals surface area (Å²) >= 11 is 0. The molecule has 1 aliphatic rings. The molecule has 1 unspecified atom stereocenters. The van der Waals surface area contributed by atoms with Crippen LogP contribution in [0.5, 0.6) is 5.75 Å². The zero-order valence-electron chi connectivity index (χ0n) is 10.8. The second-order valence-electron chi connectivity index (χ2n) is 5.11. The number of hydrogen-bond acceptors (Lipinski definition) is 4. The molecule has 1 aromatic heterocycles. The third-order valence-corrected chi connectivity index (χ3v) is 3.63. The van der Waals surface area contributed by atoms with E-state index < -0.39 is 0 Å². The fourth-order valence-corrected chi connectivity index (χ4v) is 2.49. The fourth-order valence-electron chi connectivity index (χ4n) is 2.49. The van der Waals surface area contributed by atoms with Gasteiger partial charge in [-0.3, -0.25) is 0 Å². The van der Waals surface area contributed by atoms with E-state index in [2.05, 4.69) is 10.1 Å². The van der Waals surface area contributed by atoms with Crippen LogP contribution in [0.3, 0.4) is 0 Å². The monoisotopic (exact) mass is 258 g/mol. The van der Waals surface area contributed by atoms with Gasteiger partial charge in [0.05, 0.1) is 0 Å². The summed E-state index contributed by atoms with van der Waals surface area (Å²) < 4.78 is 2.00. The van der Waals surface area contributed by atoms with Gasteiger partial charge < -0.3 is 10.8 Å². The van der Waals surface area contributed by atoms with Gasteiger partial charge in [0.15, 0.2) is 5.82 Å². The number of hydrogen-bond donors (Lipinski definition) is 2. The van der Waals surface area contributed by atoms with E-state index in [1.165, 1.54) is 0 Å². The number of fused-ring (bicyclic) bond motifs is 1. The molecule has 3 N–H and O–H groups in total. The molecule has 0 fully saturated rings. The Hall–Kier alpha value is -1.88. The van der Waals surface area contributed by atoms with E-state index in [4.69, 9.17) is 5.73 Å². The lowest BCUT2D eigenvalue weighted by Gasteiger charge is -2.20. The Morgan fingerprint density at radius 2 is 2.11 bits per heavy atom. The van der Waals surface area contributed by atoms with Gasteiger partial charge in [-0.2, -0.15) is 5.10 Å². The van der Waals surface area contributed by atoms with Crippen molar-refractivity contribution in [3.8, 4) is 5.75 Å². The van der Waals surface area contributed by atoms with Crippen LogP contribution in [-0.4, -0.2) is 26.4 Å². The molecule has 0 saturated carbocycles. The topological polar surface area (TPSA) is 77.0 Å². The number of phenolic OH excluding ortho intramolecular Hbond substituents is 1. The first-order chi connectivity index (χ1) is 9.24. The number of rotatable bonds is 3. The highest BCUT2D eigenvalue weighted by atomic mass is 16.3. The highest BCUT2D eigenvalue weighted by Gasteiger charge is 2.20. The van der Waals surface area contributed by atoms with E-state index in [1.807, 2.05) is 16.8 Å². The molecule has 3 rings (SSSR count). The molecule has 0 aliphatic carbocycles. The number of benzene rings is 1. The van der Waals surface area contributed by atoms with Crippen LogP contribution >= 0.6 is 0 Å². The maximum Gasteiger partial charge on any atom is 0.155 e. The van der Waals surface area contributed by atoms with Crippen molar-refractivity contribution < 1.29 is 5.11 Å². The molecule has 1 atom stereocenters. The third kappa shape index (κ3) is 2.61. The number of nitrogens with two attached hydrogens (primary N) is 1. The van der Waals surface area contributed by atoms with Crippen LogP contribution in [0.25, 0.3) is 0 Å². The van der Waals surface area contributed by atoms with Crippen LogP contribution in [0.15, 0.2) is 24.3 Å². The summed E-state index contributed by atoms with van der Waals surface area (Å²) in [4.78, 5) is 4.59. The van der Waals surface area contributed by atoms with Crippen LogP contribution in [0, 0.1) is 5.92 Å². The minimum absolute atomic E-state index is 0.284. The summed E-state index contributed by atoms with van der Waals surface area (Å²) in [6, 6.07) is 7.18. The molecule has 19 heavy (non-hydrogen) atoms. The minimum atomic E-state index is 0.284. The van der Waals surface area contributed by atoms with Crippen molar-refractivity contribution in [1.82, 2.24) is 14.8 Å². The van der Waals surface area contributed by atoms with Crippen LogP contribution in [0.1, 0.15) is 23.6 Å². The van der Waals surface area contributed by atoms with Gasteiger partial charge in [0.25, 0.3) is 0 Å². The third-order valence-electron chi connectivity index (χ3n) is 3.63. The Labute approximate surface area is 112 Å². The second kappa shape index (κ2) is 5.01. The lowest BCUT2D eigenvalue weighted by atomic mass is 10.0. The molecule has 0 saturated heterocycles. The molecule has 2 aromatic rings. The average molecular weight is 258 g/mol. The van der Waals surface area contributed by atoms with Gasteiger partial charge in [-0.05, 0) is 36.6 Å². The van der Waals surface area contributed by atoms with Crippen molar-refractivity contribution in [2.45, 2.75) is 25.8 Å². The van der Waals surface area contributed by atoms with Crippen molar-refractivity contribution in [2.24, 2.45) is 11.7 Å². The summed E-state index contributed by atoms with van der Waals surface area (Å²) in [6.07, 6.45) is 2.77. The SMILES string of the molecule is NCC1CCc2nc(Cc3ccc(O)cc3)nn2C1. The van der Waals surface area contributed by atoms with Gasteiger partial charge in [0, 0.05) is 19.4 Å². The molecule has 0 amide bonds. The van der Waals surface area contributed by atoms with E-state index >= 15 is 0 Å². The maximum absolute atomic E-state index is 9.26. The van der Waals surface area contributed by atoms with E-state index in [0.29, 0.717) is 18.9 Å². The normalized spacial score (nSPS) is 18.3. The van der Waals surface area contributed by atoms with Gasteiger partial charge in [0.2, 0.25) is 0 Å². The van der Waals surface area contributed by atoms with Crippen molar-refractivity contribution in [2.75, 3.05) is 6.54 Å². The smallest absolute Gasteiger partial charge is 0.155 e. The van der Waals surface area contributed by atoms with Crippen LogP contribution < -0.4 is 5.73 Å². The summed E-state index contributed by atoms with van der Waals surface area (Å²) in [5.41, 5.74) is 6.83. The summed E-state index contributed by atoms with van der Waals surface area (Å²) in [6.45, 7) is 1.60. The molecular weight excluding hydrogens is 240 g/mol. The summed E-state index contributed by atoms with van der Waals surface area (Å²) in [7, 11) is 0. The van der Waals surface area contributed by atoms with Crippen LogP contribution in [-0.2, 0) is 19.4 Å². The average Bonchev–Trinajstić information content (AvgIpc) is 2.82. The lowest BCUT2D eigenvalue weighted by Crippen LogP contribution is -2.27. The number of nitrogens with zero attached hydrogens (tertiary/aromatic N) is 3. The summed E-state index contributed by atoms with van der Waals surface area (Å²) in [5, 5.41) is 13.8. The largest absolute Gasteiger partial charge is 0.508 e. The number of phenols is 1. The van der Waals surface area contributed by atoms with Gasteiger partial charge >= 0.3 is 0 Å². The quantitative estimate of drug-likeness (QED) is 0.864. The van der Waals surface area contributed by atoms with E-state index in [9.17, 15) is 5.11 Å². The fraction of sp³-hybridized carbons (Fsp3) is 0.429. The molecule has 1 aromatic carbocycles. The zero-order valence-corrected chi connectivity index (χ0v) is 10.8. The van der Waals surface area contributed by atoms with E-state index in [0.717, 1.165) is 36.6 Å². The standard InChI is InChI=1S/C14H18N4O/c15-8-11-3-6-14-16-13(17-18(14)9-11)7-10-1-4-12(19)5-2-10/h1-2,4-5,11,19H,3,6-9,15H2. The molecule has 5 nitrogen and oxygen atoms in total. The Kier molecular flexibility index (Phi) is 3.21. The molecule has 2 heterocycles. The first-order valence-corrected chi connectivity index (χ1v) is 6.65. The minimum Gasteiger partial charge on any atom is -0.508 e. The maximum atomic E-state index is 9.26. The number of aromatic nitrogens is 3. The summed E-state index contributed by atoms with van der Waals surface area (Å²) in [5.74, 6) is 2.72. The first-order valence-electron chi connectivity index (χ1n) is 6.65. The van der Waals surface area contributed by atoms with E-state index in [-0.39, 0.29) is 5.75 Å². The molecular formula is C14H18N4O. The predicted molar refractivity (Wildman–Crippen MR) is 71.8 cm³/mol. The Bertz CT molecular complexity index is 561. The van der Waals surface area contributed by atoms with Crippen molar-refractivity contribution >= 4 is 0 Å². The van der Waals surface area contributed by atoms with Crippen molar-refractivity contribution in [3.63, 3.8) is 0 Å². The van der Waals surface area contributed by atoms with Crippen molar-refractivity contribution in [1.29, 1.82) is 0 Å². The first kappa shape index (κ1) is 12.2. The Balaban J connectivity index is 1.76. The van der Waals surface area contributed by atoms with Crippen molar-refractivity contribution in [3.05, 3.63) is 41.5 Å². The van der Waals surface area contributed by atoms with Crippen LogP contribution in [0.2, 0.25) is 0 Å². The second-order valence-corrected chi connectivity index (χ2v) is 5.11. The van der Waals surface area contributed by atoms with Gasteiger partial charge in [-0.1, -0.05) is 12.1 Å². The molecule has 100 valence electrons. The van der Waals surface area contributed by atoms with Gasteiger partial charge in [-0.25, -0.2) is 9.67 Å². The van der Waals surface area contributed by atoms with Gasteiger partial charge in [-0.15, -0.1) is 0 Å². The zero-order chi connectivity index (χ0) is 13.2. The lowest BCUT2D eigenvalue weighted by molar-refractivity contribution is 0.349. The highest BCUT2D eigenvalue weighted by molar-refractivity contribution is 5.27. The Morgan fingerprint density at radius 3 is 2.84 bits per heavy atom. The number of aromatic hydroxyl groups is 1. The molecule has 0 spiro atoms. The predicted octanol–water partition coefficient (Wildman–Crippen LogP) is 1.10. The van der Waals surface area contributed by atoms with Crippen LogP contribution in [0.4, 0.5) is 0 Å². The molecule has 0 bridgehead atoms. The molecule has 1 aliphatic heterocycles.